The third-order valence-corrected chi connectivity index (χ3v) is 14.0. The number of benzene rings is 2. The van der Waals surface area contributed by atoms with Crippen LogP contribution in [0.5, 0.6) is 0 Å². The molecule has 2 aliphatic carbocycles. The van der Waals surface area contributed by atoms with E-state index in [1.54, 1.807) is 13.8 Å². The molecule has 8 atom stereocenters. The fourth-order valence-electron chi connectivity index (χ4n) is 11.0. The Morgan fingerprint density at radius 2 is 1.02 bits per heavy atom. The third kappa shape index (κ3) is 5.62. The summed E-state index contributed by atoms with van der Waals surface area (Å²) in [6.45, 7) is 3.79. The van der Waals surface area contributed by atoms with Crippen LogP contribution in [0, 0.1) is 11.8 Å². The number of carbonyl (C=O) groups is 6. The van der Waals surface area contributed by atoms with E-state index in [9.17, 15) is 28.8 Å². The Balaban J connectivity index is 0.795. The minimum atomic E-state index is -1.06. The van der Waals surface area contributed by atoms with Gasteiger partial charge in [0.15, 0.2) is 11.4 Å². The van der Waals surface area contributed by atoms with E-state index in [0.29, 0.717) is 37.3 Å². The quantitative estimate of drug-likeness (QED) is 0.122. The van der Waals surface area contributed by atoms with Crippen molar-refractivity contribution in [2.75, 3.05) is 51.2 Å². The lowest BCUT2D eigenvalue weighted by atomic mass is 9.82. The third-order valence-electron chi connectivity index (χ3n) is 14.0. The molecule has 0 aromatic heterocycles. The number of methoxy groups -OCH3 is 2. The maximum atomic E-state index is 14.2. The number of nitrogens with two attached hydrogens (primary N) is 2. The standard InChI is InChI=1S/C44H46N8O10/c1-19-31(37(55)29-25(17-61-41(45)57)43(59-3)39-27(49-39)15-51(43)33(29)35(19)53)47-23-11-7-21(8-12-23)5-6-22-9-13-24(14-10-22)48-32-20(2)36(54)34-30(38(32)56)26(18-62-42(46)58)44(60-4)40-28(50-40)16-52(34)44/h7-14,25-28,39-40,47-50H,5-6,15-18H2,1-4H3,(H2,45,57)(H2,46,58)/t25-,26-,27?,28?,39+,40+,43-,44-/m1/s1. The first-order valence-corrected chi connectivity index (χ1v) is 20.6. The number of Topliss-reactive ketones (excluding diaryl/α,β-unsaturated/α-hetero) is 4. The number of piperazine rings is 2. The molecule has 4 fully saturated rings. The Morgan fingerprint density at radius 3 is 1.35 bits per heavy atom. The first-order valence-electron chi connectivity index (χ1n) is 20.6. The van der Waals surface area contributed by atoms with E-state index in [1.165, 1.54) is 14.2 Å². The summed E-state index contributed by atoms with van der Waals surface area (Å²) in [5.41, 5.74) is 13.8. The molecule has 18 heteroatoms. The van der Waals surface area contributed by atoms with Crippen LogP contribution >= 0.6 is 0 Å². The highest BCUT2D eigenvalue weighted by Crippen LogP contribution is 2.57. The fourth-order valence-corrected chi connectivity index (χ4v) is 11.0. The van der Waals surface area contributed by atoms with Gasteiger partial charge in [-0.2, -0.15) is 0 Å². The van der Waals surface area contributed by atoms with Gasteiger partial charge in [0, 0.05) is 73.1 Å². The number of ether oxygens (including phenoxy) is 4. The topological polar surface area (TPSA) is 266 Å². The molecule has 0 radical (unpaired) electrons. The number of carbonyl (C=O) groups excluding carboxylic acids is 6. The summed E-state index contributed by atoms with van der Waals surface area (Å²) >= 11 is 0. The zero-order chi connectivity index (χ0) is 43.6. The Bertz CT molecular complexity index is 2360. The Morgan fingerprint density at radius 1 is 0.645 bits per heavy atom. The van der Waals surface area contributed by atoms with Crippen LogP contribution in [-0.2, 0) is 51.0 Å². The first-order chi connectivity index (χ1) is 29.7. The van der Waals surface area contributed by atoms with E-state index in [1.807, 2.05) is 58.3 Å². The van der Waals surface area contributed by atoms with Crippen molar-refractivity contribution in [1.29, 1.82) is 0 Å². The molecule has 0 saturated carbocycles. The van der Waals surface area contributed by atoms with Gasteiger partial charge in [-0.15, -0.1) is 0 Å². The minimum Gasteiger partial charge on any atom is -0.449 e. The van der Waals surface area contributed by atoms with E-state index in [0.717, 1.165) is 11.1 Å². The number of primary amides is 2. The zero-order valence-electron chi connectivity index (χ0n) is 34.5. The summed E-state index contributed by atoms with van der Waals surface area (Å²) in [6.07, 6.45) is -0.561. The smallest absolute Gasteiger partial charge is 0.404 e. The molecule has 0 bridgehead atoms. The van der Waals surface area contributed by atoms with Crippen molar-refractivity contribution in [1.82, 2.24) is 20.4 Å². The lowest BCUT2D eigenvalue weighted by Crippen LogP contribution is -2.55. The van der Waals surface area contributed by atoms with Gasteiger partial charge in [0.2, 0.25) is 23.1 Å². The number of allylic oxidation sites excluding steroid dienone is 4. The molecule has 10 rings (SSSR count). The molecule has 4 saturated heterocycles. The summed E-state index contributed by atoms with van der Waals surface area (Å²) in [5.74, 6) is -2.77. The summed E-state index contributed by atoms with van der Waals surface area (Å²) in [7, 11) is 3.06. The van der Waals surface area contributed by atoms with Crippen LogP contribution in [0.4, 0.5) is 21.0 Å². The maximum Gasteiger partial charge on any atom is 0.404 e. The van der Waals surface area contributed by atoms with Crippen molar-refractivity contribution in [3.05, 3.63) is 105 Å². The van der Waals surface area contributed by atoms with Gasteiger partial charge in [-0.3, -0.25) is 19.2 Å². The number of rotatable bonds is 13. The van der Waals surface area contributed by atoms with Crippen LogP contribution in [0.1, 0.15) is 25.0 Å². The van der Waals surface area contributed by atoms with Crippen molar-refractivity contribution in [2.24, 2.45) is 23.3 Å². The number of ketones is 4. The monoisotopic (exact) mass is 846 g/mol. The van der Waals surface area contributed by atoms with Gasteiger partial charge < -0.3 is 61.5 Å². The highest BCUT2D eigenvalue weighted by molar-refractivity contribution is 6.27. The molecule has 322 valence electrons. The number of hydrogen-bond acceptors (Lipinski definition) is 16. The summed E-state index contributed by atoms with van der Waals surface area (Å²) in [6, 6.07) is 15.1. The van der Waals surface area contributed by atoms with E-state index < -0.39 is 35.5 Å². The largest absolute Gasteiger partial charge is 0.449 e. The second-order valence-electron chi connectivity index (χ2n) is 17.0. The van der Waals surface area contributed by atoms with Crippen LogP contribution in [0.25, 0.3) is 0 Å². The van der Waals surface area contributed by atoms with E-state index in [2.05, 4.69) is 21.3 Å². The molecule has 8 N–H and O–H groups in total. The molecule has 0 spiro atoms. The Labute approximate surface area is 355 Å². The predicted molar refractivity (Wildman–Crippen MR) is 219 cm³/mol. The van der Waals surface area contributed by atoms with Gasteiger partial charge in [-0.1, -0.05) is 24.3 Å². The molecule has 2 unspecified atom stereocenters. The van der Waals surface area contributed by atoms with E-state index in [4.69, 9.17) is 30.4 Å². The van der Waals surface area contributed by atoms with E-state index >= 15 is 0 Å². The Kier molecular flexibility index (Phi) is 9.04. The summed E-state index contributed by atoms with van der Waals surface area (Å²) < 4.78 is 22.6. The van der Waals surface area contributed by atoms with Crippen molar-refractivity contribution >= 4 is 46.7 Å². The molecule has 2 aromatic carbocycles. The van der Waals surface area contributed by atoms with Gasteiger partial charge in [0.25, 0.3) is 0 Å². The van der Waals surface area contributed by atoms with Crippen molar-refractivity contribution in [3.63, 3.8) is 0 Å². The molecule has 6 aliphatic heterocycles. The number of anilines is 2. The van der Waals surface area contributed by atoms with Crippen molar-refractivity contribution in [2.45, 2.75) is 62.3 Å². The molecular weight excluding hydrogens is 801 g/mol. The summed E-state index contributed by atoms with van der Waals surface area (Å²) in [4.78, 5) is 83.4. The van der Waals surface area contributed by atoms with Crippen LogP contribution in [0.2, 0.25) is 0 Å². The van der Waals surface area contributed by atoms with Crippen molar-refractivity contribution < 1.29 is 47.7 Å². The average molecular weight is 847 g/mol. The van der Waals surface area contributed by atoms with Crippen molar-refractivity contribution in [3.8, 4) is 0 Å². The molecule has 2 aromatic rings. The molecule has 8 aliphatic rings. The Hall–Kier alpha value is -6.34. The highest BCUT2D eigenvalue weighted by Gasteiger charge is 2.74. The summed E-state index contributed by atoms with van der Waals surface area (Å²) in [5, 5.41) is 13.1. The van der Waals surface area contributed by atoms with Gasteiger partial charge in [0.1, 0.15) is 13.2 Å². The number of nitrogens with zero attached hydrogens (tertiary/aromatic N) is 2. The second kappa shape index (κ2) is 14.1. The second-order valence-corrected chi connectivity index (χ2v) is 17.0. The van der Waals surface area contributed by atoms with Crippen LogP contribution in [0.15, 0.2) is 93.6 Å². The SMILES string of the molecule is CO[C@@]12[C@H](COC(N)=O)C3=C(C(=O)C(C)=C(Nc4ccc(CCc5ccc(NC6=C(C)C(=O)C7=C(C6=O)[C@@H](COC(N)=O)[C@@]6(OC)[C@H]8NC8CN76)cc5)cc4)C3=O)N1CC1N[C@@H]12. The van der Waals surface area contributed by atoms with E-state index in [-0.39, 0.29) is 106 Å². The number of fused-ring (bicyclic) bond motifs is 8. The lowest BCUT2D eigenvalue weighted by Gasteiger charge is -2.39. The number of hydrogen-bond donors (Lipinski definition) is 6. The molecule has 2 amide bonds. The van der Waals surface area contributed by atoms with Gasteiger partial charge in [-0.05, 0) is 62.1 Å². The minimum absolute atomic E-state index is 0.0921. The van der Waals surface area contributed by atoms with Gasteiger partial charge >= 0.3 is 12.2 Å². The van der Waals surface area contributed by atoms with Gasteiger partial charge in [-0.25, -0.2) is 9.59 Å². The number of amides is 2. The van der Waals surface area contributed by atoms with Gasteiger partial charge in [0.05, 0.1) is 46.7 Å². The normalized spacial score (nSPS) is 31.2. The molecule has 6 heterocycles. The molecule has 18 nitrogen and oxygen atoms in total. The predicted octanol–water partition coefficient (Wildman–Crippen LogP) is 1.10. The zero-order valence-corrected chi connectivity index (χ0v) is 34.5. The number of nitrogens with one attached hydrogen (secondary N) is 4. The maximum absolute atomic E-state index is 14.2. The lowest BCUT2D eigenvalue weighted by molar-refractivity contribution is -0.137. The van der Waals surface area contributed by atoms with Crippen LogP contribution in [0.3, 0.4) is 0 Å². The average Bonchev–Trinajstić information content (AvgIpc) is 4.10. The molecule has 62 heavy (non-hydrogen) atoms. The molecular formula is C44H46N8O10. The first kappa shape index (κ1) is 39.8. The highest BCUT2D eigenvalue weighted by atomic mass is 16.6. The number of aryl methyl sites for hydroxylation is 2. The fraction of sp³-hybridized carbons (Fsp3) is 0.409. The van der Waals surface area contributed by atoms with Crippen LogP contribution in [-0.4, -0.2) is 121 Å². The van der Waals surface area contributed by atoms with Crippen LogP contribution < -0.4 is 32.7 Å².